The number of hydrogen-bond donors (Lipinski definition) is 2. The van der Waals surface area contributed by atoms with E-state index in [2.05, 4.69) is 12.2 Å². The second-order valence-corrected chi connectivity index (χ2v) is 5.86. The van der Waals surface area contributed by atoms with Crippen molar-refractivity contribution in [3.63, 3.8) is 0 Å². The van der Waals surface area contributed by atoms with Crippen LogP contribution < -0.4 is 11.1 Å². The van der Waals surface area contributed by atoms with Crippen LogP contribution in [0.2, 0.25) is 0 Å². The van der Waals surface area contributed by atoms with E-state index >= 15 is 0 Å². The number of hydrogen-bond acceptors (Lipinski definition) is 3. The van der Waals surface area contributed by atoms with Gasteiger partial charge in [-0.3, -0.25) is 4.79 Å². The number of nitrogens with one attached hydrogen (secondary N) is 1. The molecule has 2 atom stereocenters. The van der Waals surface area contributed by atoms with Crippen molar-refractivity contribution in [2.24, 2.45) is 11.7 Å². The van der Waals surface area contributed by atoms with Crippen LogP contribution in [0.15, 0.2) is 30.3 Å². The lowest BCUT2D eigenvalue weighted by atomic mass is 9.92. The molecule has 1 aromatic carbocycles. The van der Waals surface area contributed by atoms with Gasteiger partial charge < -0.3 is 15.8 Å². The first-order valence-electron chi connectivity index (χ1n) is 7.84. The molecule has 0 radical (unpaired) electrons. The summed E-state index contributed by atoms with van der Waals surface area (Å²) < 4.78 is 5.35. The van der Waals surface area contributed by atoms with E-state index in [1.165, 1.54) is 0 Å². The molecule has 0 bridgehead atoms. The number of benzene rings is 1. The van der Waals surface area contributed by atoms with E-state index in [4.69, 9.17) is 10.5 Å². The molecule has 1 fully saturated rings. The van der Waals surface area contributed by atoms with Crippen molar-refractivity contribution in [3.05, 3.63) is 35.9 Å². The van der Waals surface area contributed by atoms with Gasteiger partial charge in [-0.1, -0.05) is 30.3 Å². The average Bonchev–Trinajstić information content (AvgIpc) is 2.54. The number of ether oxygens (including phenoxy) is 1. The number of nitrogens with two attached hydrogens (primary N) is 1. The Morgan fingerprint density at radius 3 is 2.67 bits per heavy atom. The van der Waals surface area contributed by atoms with E-state index in [1.54, 1.807) is 0 Å². The summed E-state index contributed by atoms with van der Waals surface area (Å²) in [7, 11) is 0. The molecule has 1 aliphatic rings. The number of carbonyl (C=O) groups excluding carboxylic acids is 1. The maximum Gasteiger partial charge on any atom is 0.220 e. The Labute approximate surface area is 127 Å². The standard InChI is InChI=1S/C17H26N2O2/c1-13(14-9-11-21-12-10-14)19-17(20)8-7-16(18)15-5-3-2-4-6-15/h2-6,13-14,16H,7-12,18H2,1H3,(H,19,20). The number of amides is 1. The lowest BCUT2D eigenvalue weighted by Crippen LogP contribution is -2.40. The van der Waals surface area contributed by atoms with Crippen LogP contribution in [-0.4, -0.2) is 25.2 Å². The van der Waals surface area contributed by atoms with Crippen molar-refractivity contribution in [1.82, 2.24) is 5.32 Å². The fraction of sp³-hybridized carbons (Fsp3) is 0.588. The highest BCUT2D eigenvalue weighted by Gasteiger charge is 2.21. The van der Waals surface area contributed by atoms with Crippen molar-refractivity contribution in [1.29, 1.82) is 0 Å². The lowest BCUT2D eigenvalue weighted by molar-refractivity contribution is -0.122. The highest BCUT2D eigenvalue weighted by atomic mass is 16.5. The van der Waals surface area contributed by atoms with Gasteiger partial charge in [0.1, 0.15) is 0 Å². The Morgan fingerprint density at radius 2 is 2.00 bits per heavy atom. The second kappa shape index (κ2) is 8.15. The van der Waals surface area contributed by atoms with Crippen molar-refractivity contribution in [2.75, 3.05) is 13.2 Å². The van der Waals surface area contributed by atoms with Crippen LogP contribution in [0.25, 0.3) is 0 Å². The Kier molecular flexibility index (Phi) is 6.21. The molecule has 2 rings (SSSR count). The molecule has 3 N–H and O–H groups in total. The number of rotatable bonds is 6. The second-order valence-electron chi connectivity index (χ2n) is 5.86. The van der Waals surface area contributed by atoms with Crippen molar-refractivity contribution in [3.8, 4) is 0 Å². The van der Waals surface area contributed by atoms with Gasteiger partial charge in [0.15, 0.2) is 0 Å². The Hall–Kier alpha value is -1.39. The van der Waals surface area contributed by atoms with Crippen LogP contribution in [0, 0.1) is 5.92 Å². The first-order valence-corrected chi connectivity index (χ1v) is 7.84. The predicted octanol–water partition coefficient (Wildman–Crippen LogP) is 2.40. The third-order valence-electron chi connectivity index (χ3n) is 4.27. The summed E-state index contributed by atoms with van der Waals surface area (Å²) in [6, 6.07) is 10.1. The van der Waals surface area contributed by atoms with Crippen molar-refractivity contribution < 1.29 is 9.53 Å². The molecule has 1 aliphatic heterocycles. The monoisotopic (exact) mass is 290 g/mol. The third-order valence-corrected chi connectivity index (χ3v) is 4.27. The maximum absolute atomic E-state index is 12.0. The largest absolute Gasteiger partial charge is 0.381 e. The molecule has 1 saturated heterocycles. The van der Waals surface area contributed by atoms with E-state index < -0.39 is 0 Å². The van der Waals surface area contributed by atoms with Crippen molar-refractivity contribution in [2.45, 2.75) is 44.7 Å². The SMILES string of the molecule is CC(NC(=O)CCC(N)c1ccccc1)C1CCOCC1. The van der Waals surface area contributed by atoms with Crippen LogP contribution in [0.4, 0.5) is 0 Å². The zero-order valence-electron chi connectivity index (χ0n) is 12.8. The lowest BCUT2D eigenvalue weighted by Gasteiger charge is -2.28. The van der Waals surface area contributed by atoms with Crippen LogP contribution in [-0.2, 0) is 9.53 Å². The Bertz CT molecular complexity index is 430. The fourth-order valence-electron chi connectivity index (χ4n) is 2.81. The molecule has 0 aliphatic carbocycles. The van der Waals surface area contributed by atoms with Crippen LogP contribution >= 0.6 is 0 Å². The summed E-state index contributed by atoms with van der Waals surface area (Å²) in [5, 5.41) is 3.11. The average molecular weight is 290 g/mol. The van der Waals surface area contributed by atoms with Gasteiger partial charge in [0.25, 0.3) is 0 Å². The minimum atomic E-state index is -0.0738. The van der Waals surface area contributed by atoms with E-state index in [-0.39, 0.29) is 18.0 Å². The normalized spacial score (nSPS) is 19.0. The van der Waals surface area contributed by atoms with Gasteiger partial charge in [-0.2, -0.15) is 0 Å². The molecule has 1 aromatic rings. The Balaban J connectivity index is 1.71. The predicted molar refractivity (Wildman–Crippen MR) is 83.8 cm³/mol. The van der Waals surface area contributed by atoms with Crippen molar-refractivity contribution >= 4 is 5.91 Å². The zero-order valence-corrected chi connectivity index (χ0v) is 12.8. The van der Waals surface area contributed by atoms with E-state index in [0.717, 1.165) is 31.6 Å². The maximum atomic E-state index is 12.0. The molecule has 4 nitrogen and oxygen atoms in total. The summed E-state index contributed by atoms with van der Waals surface area (Å²) in [4.78, 5) is 12.0. The van der Waals surface area contributed by atoms with Gasteiger partial charge in [0.2, 0.25) is 5.91 Å². The van der Waals surface area contributed by atoms with Gasteiger partial charge in [-0.15, -0.1) is 0 Å². The molecule has 116 valence electrons. The van der Waals surface area contributed by atoms with Crippen LogP contribution in [0.3, 0.4) is 0 Å². The highest BCUT2D eigenvalue weighted by molar-refractivity contribution is 5.76. The van der Waals surface area contributed by atoms with E-state index in [0.29, 0.717) is 18.8 Å². The summed E-state index contributed by atoms with van der Waals surface area (Å²) in [6.07, 6.45) is 3.22. The van der Waals surface area contributed by atoms with Gasteiger partial charge in [-0.05, 0) is 37.7 Å². The Morgan fingerprint density at radius 1 is 1.33 bits per heavy atom. The molecular weight excluding hydrogens is 264 g/mol. The molecule has 0 saturated carbocycles. The fourth-order valence-corrected chi connectivity index (χ4v) is 2.81. The van der Waals surface area contributed by atoms with Gasteiger partial charge in [-0.25, -0.2) is 0 Å². The third kappa shape index (κ3) is 5.14. The first-order chi connectivity index (χ1) is 10.2. The molecule has 21 heavy (non-hydrogen) atoms. The minimum absolute atomic E-state index is 0.0738. The summed E-state index contributed by atoms with van der Waals surface area (Å²) in [5.41, 5.74) is 7.21. The molecule has 1 heterocycles. The van der Waals surface area contributed by atoms with Crippen LogP contribution in [0.1, 0.15) is 44.2 Å². The first kappa shape index (κ1) is 16.0. The summed E-state index contributed by atoms with van der Waals surface area (Å²) in [6.45, 7) is 3.71. The van der Waals surface area contributed by atoms with Gasteiger partial charge >= 0.3 is 0 Å². The van der Waals surface area contributed by atoms with Crippen LogP contribution in [0.5, 0.6) is 0 Å². The summed E-state index contributed by atoms with van der Waals surface area (Å²) in [5.74, 6) is 0.630. The topological polar surface area (TPSA) is 64.4 Å². The molecule has 2 unspecified atom stereocenters. The van der Waals surface area contributed by atoms with Gasteiger partial charge in [0, 0.05) is 31.7 Å². The van der Waals surface area contributed by atoms with E-state index in [9.17, 15) is 4.79 Å². The molecule has 4 heteroatoms. The molecule has 1 amide bonds. The minimum Gasteiger partial charge on any atom is -0.381 e. The quantitative estimate of drug-likeness (QED) is 0.845. The highest BCUT2D eigenvalue weighted by Crippen LogP contribution is 2.19. The smallest absolute Gasteiger partial charge is 0.220 e. The summed E-state index contributed by atoms with van der Waals surface area (Å²) >= 11 is 0. The number of carbonyl (C=O) groups is 1. The molecular formula is C17H26N2O2. The van der Waals surface area contributed by atoms with E-state index in [1.807, 2.05) is 30.3 Å². The molecule has 0 aromatic heterocycles. The zero-order chi connectivity index (χ0) is 15.1. The van der Waals surface area contributed by atoms with Gasteiger partial charge in [0.05, 0.1) is 0 Å². The molecule has 0 spiro atoms.